The van der Waals surface area contributed by atoms with E-state index in [0.29, 0.717) is 11.7 Å². The third-order valence-electron chi connectivity index (χ3n) is 3.57. The number of aromatic amines is 1. The molecule has 1 aliphatic heterocycles. The van der Waals surface area contributed by atoms with Crippen LogP contribution in [0.4, 0.5) is 5.82 Å². The van der Waals surface area contributed by atoms with Crippen LogP contribution >= 0.6 is 0 Å². The predicted molar refractivity (Wildman–Crippen MR) is 72.5 cm³/mol. The summed E-state index contributed by atoms with van der Waals surface area (Å²) in [4.78, 5) is 13.7. The van der Waals surface area contributed by atoms with Crippen molar-refractivity contribution in [3.8, 4) is 0 Å². The van der Waals surface area contributed by atoms with Crippen molar-refractivity contribution < 1.29 is 0 Å². The van der Waals surface area contributed by atoms with Gasteiger partial charge in [0.05, 0.1) is 0 Å². The van der Waals surface area contributed by atoms with Crippen molar-refractivity contribution in [2.75, 3.05) is 24.5 Å². The van der Waals surface area contributed by atoms with Gasteiger partial charge in [-0.3, -0.25) is 0 Å². The molecule has 0 spiro atoms. The summed E-state index contributed by atoms with van der Waals surface area (Å²) in [6.07, 6.45) is 2.21. The van der Waals surface area contributed by atoms with Crippen LogP contribution in [0.5, 0.6) is 0 Å². The number of fused-ring (bicyclic) bond motifs is 1. The third kappa shape index (κ3) is 2.33. The fourth-order valence-corrected chi connectivity index (χ4v) is 2.56. The summed E-state index contributed by atoms with van der Waals surface area (Å²) in [5.74, 6) is 0.839. The van der Waals surface area contributed by atoms with Gasteiger partial charge < -0.3 is 10.2 Å². The Morgan fingerprint density at radius 1 is 1.42 bits per heavy atom. The van der Waals surface area contributed by atoms with Gasteiger partial charge in [-0.2, -0.15) is 9.61 Å². The fourth-order valence-electron chi connectivity index (χ4n) is 2.56. The van der Waals surface area contributed by atoms with E-state index in [0.717, 1.165) is 38.3 Å². The fraction of sp³-hybridized carbons (Fsp3) is 0.583. The van der Waals surface area contributed by atoms with Gasteiger partial charge in [-0.25, -0.2) is 9.89 Å². The second-order valence-electron chi connectivity index (χ2n) is 4.81. The van der Waals surface area contributed by atoms with E-state index in [4.69, 9.17) is 0 Å². The minimum Gasteiger partial charge on any atom is -0.355 e. The monoisotopic (exact) mass is 262 g/mol. The first-order chi connectivity index (χ1) is 9.28. The topological polar surface area (TPSA) is 78.3 Å². The summed E-state index contributed by atoms with van der Waals surface area (Å²) >= 11 is 0. The lowest BCUT2D eigenvalue weighted by molar-refractivity contribution is 0.421. The number of anilines is 1. The quantitative estimate of drug-likeness (QED) is 0.814. The molecule has 2 N–H and O–H groups in total. The van der Waals surface area contributed by atoms with E-state index in [1.165, 1.54) is 4.52 Å². The number of hydrogen-bond acceptors (Lipinski definition) is 5. The molecular formula is C12H18N6O. The average Bonchev–Trinajstić information content (AvgIpc) is 2.81. The summed E-state index contributed by atoms with van der Waals surface area (Å²) in [5, 5.41) is 14.1. The van der Waals surface area contributed by atoms with Gasteiger partial charge in [-0.1, -0.05) is 6.92 Å². The molecule has 19 heavy (non-hydrogen) atoms. The first-order valence-corrected chi connectivity index (χ1v) is 6.70. The average molecular weight is 262 g/mol. The summed E-state index contributed by atoms with van der Waals surface area (Å²) in [6.45, 7) is 5.07. The molecule has 0 unspecified atom stereocenters. The molecule has 1 fully saturated rings. The maximum atomic E-state index is 11.5. The van der Waals surface area contributed by atoms with E-state index >= 15 is 0 Å². The zero-order chi connectivity index (χ0) is 13.2. The first-order valence-electron chi connectivity index (χ1n) is 6.70. The predicted octanol–water partition coefficient (Wildman–Crippen LogP) is -0.00410. The molecule has 0 radical (unpaired) electrons. The highest BCUT2D eigenvalue weighted by molar-refractivity contribution is 5.45. The Hall–Kier alpha value is -1.89. The van der Waals surface area contributed by atoms with E-state index in [9.17, 15) is 4.79 Å². The van der Waals surface area contributed by atoms with Crippen molar-refractivity contribution in [1.29, 1.82) is 0 Å². The molecule has 3 heterocycles. The van der Waals surface area contributed by atoms with Gasteiger partial charge in [0.25, 0.3) is 0 Å². The second kappa shape index (κ2) is 5.00. The van der Waals surface area contributed by atoms with Crippen LogP contribution in [0.3, 0.4) is 0 Å². The maximum Gasteiger partial charge on any atom is 0.364 e. The molecule has 2 aromatic heterocycles. The van der Waals surface area contributed by atoms with Crippen LogP contribution in [0.2, 0.25) is 0 Å². The lowest BCUT2D eigenvalue weighted by Crippen LogP contribution is -2.43. The maximum absolute atomic E-state index is 11.5. The molecule has 7 nitrogen and oxygen atoms in total. The molecule has 0 amide bonds. The third-order valence-corrected chi connectivity index (χ3v) is 3.57. The summed E-state index contributed by atoms with van der Waals surface area (Å²) in [7, 11) is 0. The normalized spacial score (nSPS) is 17.2. The van der Waals surface area contributed by atoms with E-state index in [-0.39, 0.29) is 5.69 Å². The first kappa shape index (κ1) is 12.2. The number of hydrogen-bond donors (Lipinski definition) is 2. The molecule has 0 aliphatic carbocycles. The van der Waals surface area contributed by atoms with E-state index in [1.54, 1.807) is 0 Å². The Morgan fingerprint density at radius 3 is 2.95 bits per heavy atom. The highest BCUT2D eigenvalue weighted by Gasteiger charge is 2.19. The van der Waals surface area contributed by atoms with E-state index in [2.05, 4.69) is 32.4 Å². The lowest BCUT2D eigenvalue weighted by atomic mass is 10.1. The Kier molecular flexibility index (Phi) is 3.20. The SMILES string of the molecule is CCNC1CCN(c2ccc3n[nH]c(=O)n3n2)CC1. The van der Waals surface area contributed by atoms with Crippen LogP contribution in [0.25, 0.3) is 5.65 Å². The van der Waals surface area contributed by atoms with Gasteiger partial charge >= 0.3 is 5.69 Å². The zero-order valence-electron chi connectivity index (χ0n) is 11.0. The highest BCUT2D eigenvalue weighted by atomic mass is 16.2. The Bertz CT molecular complexity index is 610. The second-order valence-corrected chi connectivity index (χ2v) is 4.81. The minimum atomic E-state index is -0.292. The largest absolute Gasteiger partial charge is 0.364 e. The van der Waals surface area contributed by atoms with Crippen LogP contribution in [-0.2, 0) is 0 Å². The van der Waals surface area contributed by atoms with Crippen molar-refractivity contribution in [3.63, 3.8) is 0 Å². The highest BCUT2D eigenvalue weighted by Crippen LogP contribution is 2.17. The van der Waals surface area contributed by atoms with Gasteiger partial charge in [-0.15, -0.1) is 5.10 Å². The molecule has 2 aromatic rings. The number of nitrogens with zero attached hydrogens (tertiary/aromatic N) is 4. The molecule has 1 aliphatic rings. The van der Waals surface area contributed by atoms with Crippen LogP contribution in [-0.4, -0.2) is 45.5 Å². The molecular weight excluding hydrogens is 244 g/mol. The van der Waals surface area contributed by atoms with Crippen LogP contribution in [0.1, 0.15) is 19.8 Å². The van der Waals surface area contributed by atoms with Crippen LogP contribution < -0.4 is 15.9 Å². The Balaban J connectivity index is 1.78. The van der Waals surface area contributed by atoms with Crippen molar-refractivity contribution in [1.82, 2.24) is 25.1 Å². The molecule has 0 bridgehead atoms. The number of rotatable bonds is 3. The van der Waals surface area contributed by atoms with Gasteiger partial charge in [0.2, 0.25) is 0 Å². The van der Waals surface area contributed by atoms with E-state index < -0.39 is 0 Å². The number of H-pyrrole nitrogens is 1. The van der Waals surface area contributed by atoms with E-state index in [1.807, 2.05) is 12.1 Å². The molecule has 0 saturated carbocycles. The van der Waals surface area contributed by atoms with Crippen molar-refractivity contribution >= 4 is 11.5 Å². The number of piperidine rings is 1. The minimum absolute atomic E-state index is 0.292. The summed E-state index contributed by atoms with van der Waals surface area (Å²) in [5.41, 5.74) is 0.260. The molecule has 0 aromatic carbocycles. The Labute approximate surface area is 110 Å². The number of aromatic nitrogens is 4. The van der Waals surface area contributed by atoms with Gasteiger partial charge in [0.15, 0.2) is 5.65 Å². The molecule has 0 atom stereocenters. The molecule has 7 heteroatoms. The summed E-state index contributed by atoms with van der Waals surface area (Å²) < 4.78 is 1.31. The standard InChI is InChI=1S/C12H18N6O/c1-2-13-9-5-7-17(8-6-9)11-4-3-10-14-15-12(19)18(10)16-11/h3-4,9,13H,2,5-8H2,1H3,(H,15,19). The smallest absolute Gasteiger partial charge is 0.355 e. The van der Waals surface area contributed by atoms with Gasteiger partial charge in [0.1, 0.15) is 5.82 Å². The molecule has 3 rings (SSSR count). The van der Waals surface area contributed by atoms with Crippen LogP contribution in [0.15, 0.2) is 16.9 Å². The lowest BCUT2D eigenvalue weighted by Gasteiger charge is -2.32. The van der Waals surface area contributed by atoms with Crippen molar-refractivity contribution in [3.05, 3.63) is 22.6 Å². The van der Waals surface area contributed by atoms with Crippen molar-refractivity contribution in [2.45, 2.75) is 25.8 Å². The van der Waals surface area contributed by atoms with Crippen LogP contribution in [0, 0.1) is 0 Å². The molecule has 102 valence electrons. The Morgan fingerprint density at radius 2 is 2.21 bits per heavy atom. The molecule has 1 saturated heterocycles. The van der Waals surface area contributed by atoms with Gasteiger partial charge in [-0.05, 0) is 31.5 Å². The van der Waals surface area contributed by atoms with Crippen molar-refractivity contribution in [2.24, 2.45) is 0 Å². The zero-order valence-corrected chi connectivity index (χ0v) is 11.0. The summed E-state index contributed by atoms with van der Waals surface area (Å²) in [6, 6.07) is 4.33. The van der Waals surface area contributed by atoms with Gasteiger partial charge in [0, 0.05) is 19.1 Å². The number of nitrogens with one attached hydrogen (secondary N) is 2.